The van der Waals surface area contributed by atoms with Crippen molar-refractivity contribution in [3.63, 3.8) is 0 Å². The summed E-state index contributed by atoms with van der Waals surface area (Å²) in [5.74, 6) is 0.992. The third-order valence-corrected chi connectivity index (χ3v) is 5.65. The first-order valence-corrected chi connectivity index (χ1v) is 11.1. The Balaban J connectivity index is 1.36. The highest BCUT2D eigenvalue weighted by Gasteiger charge is 2.32. The smallest absolute Gasteiger partial charge is 0.267 e. The van der Waals surface area contributed by atoms with Gasteiger partial charge in [-0.2, -0.15) is 5.10 Å². The van der Waals surface area contributed by atoms with E-state index in [2.05, 4.69) is 25.3 Å². The molecule has 0 unspecified atom stereocenters. The summed E-state index contributed by atoms with van der Waals surface area (Å²) in [4.78, 5) is 36.0. The van der Waals surface area contributed by atoms with Crippen molar-refractivity contribution in [1.29, 1.82) is 0 Å². The lowest BCUT2D eigenvalue weighted by Gasteiger charge is -2.25. The molecule has 9 heteroatoms. The van der Waals surface area contributed by atoms with E-state index < -0.39 is 5.54 Å². The van der Waals surface area contributed by atoms with Crippen LogP contribution in [0, 0.1) is 0 Å². The minimum absolute atomic E-state index is 0.241. The van der Waals surface area contributed by atoms with E-state index in [1.54, 1.807) is 19.9 Å². The molecule has 2 aromatic heterocycles. The van der Waals surface area contributed by atoms with Crippen LogP contribution in [0.3, 0.4) is 0 Å². The van der Waals surface area contributed by atoms with E-state index in [4.69, 9.17) is 4.74 Å². The second-order valence-corrected chi connectivity index (χ2v) is 8.41. The third kappa shape index (κ3) is 5.19. The molecule has 3 aromatic rings. The van der Waals surface area contributed by atoms with Crippen molar-refractivity contribution < 1.29 is 9.53 Å². The number of ether oxygens (including phenoxy) is 1. The number of hydrogen-bond donors (Lipinski definition) is 1. The first-order valence-electron chi connectivity index (χ1n) is 11.1. The molecule has 4 rings (SSSR count). The van der Waals surface area contributed by atoms with Crippen LogP contribution in [0.25, 0.3) is 11.3 Å². The number of hydrogen-bond acceptors (Lipinski definition) is 7. The van der Waals surface area contributed by atoms with Crippen molar-refractivity contribution in [1.82, 2.24) is 25.1 Å². The Labute approximate surface area is 192 Å². The minimum atomic E-state index is -1.18. The summed E-state index contributed by atoms with van der Waals surface area (Å²) >= 11 is 0. The van der Waals surface area contributed by atoms with E-state index in [0.717, 1.165) is 37.3 Å². The molecule has 33 heavy (non-hydrogen) atoms. The second-order valence-electron chi connectivity index (χ2n) is 8.41. The summed E-state index contributed by atoms with van der Waals surface area (Å²) < 4.78 is 6.92. The van der Waals surface area contributed by atoms with Crippen molar-refractivity contribution >= 4 is 11.7 Å². The molecule has 3 heterocycles. The lowest BCUT2D eigenvalue weighted by Crippen LogP contribution is -2.50. The van der Waals surface area contributed by atoms with Gasteiger partial charge in [-0.25, -0.2) is 14.6 Å². The normalized spacial score (nSPS) is 13.7. The SMILES string of the molecule is CC(C)(C(=O)NCCOc1cc(N2CCCC2)ncn1)n1nc(-c2ccccc2)ccc1=O. The third-order valence-electron chi connectivity index (χ3n) is 5.65. The first kappa shape index (κ1) is 22.4. The van der Waals surface area contributed by atoms with Crippen LogP contribution in [0.4, 0.5) is 5.82 Å². The van der Waals surface area contributed by atoms with E-state index in [1.807, 2.05) is 36.4 Å². The molecule has 9 nitrogen and oxygen atoms in total. The van der Waals surface area contributed by atoms with Crippen molar-refractivity contribution in [2.45, 2.75) is 32.2 Å². The van der Waals surface area contributed by atoms with Crippen molar-refractivity contribution in [2.24, 2.45) is 0 Å². The molecular weight excluding hydrogens is 420 g/mol. The maximum atomic E-state index is 12.9. The predicted molar refractivity (Wildman–Crippen MR) is 125 cm³/mol. The number of nitrogens with zero attached hydrogens (tertiary/aromatic N) is 5. The fourth-order valence-corrected chi connectivity index (χ4v) is 3.74. The van der Waals surface area contributed by atoms with Gasteiger partial charge in [0.2, 0.25) is 11.8 Å². The molecule has 1 aromatic carbocycles. The van der Waals surface area contributed by atoms with Crippen LogP contribution in [-0.4, -0.2) is 51.9 Å². The number of rotatable bonds is 8. The lowest BCUT2D eigenvalue weighted by molar-refractivity contribution is -0.129. The van der Waals surface area contributed by atoms with E-state index in [1.165, 1.54) is 17.1 Å². The highest BCUT2D eigenvalue weighted by atomic mass is 16.5. The summed E-state index contributed by atoms with van der Waals surface area (Å²) in [6.07, 6.45) is 3.81. The van der Waals surface area contributed by atoms with Gasteiger partial charge < -0.3 is 15.0 Å². The van der Waals surface area contributed by atoms with Gasteiger partial charge in [-0.3, -0.25) is 9.59 Å². The molecule has 0 spiro atoms. The van der Waals surface area contributed by atoms with Crippen LogP contribution >= 0.6 is 0 Å². The summed E-state index contributed by atoms with van der Waals surface area (Å²) in [5, 5.41) is 7.28. The maximum Gasteiger partial charge on any atom is 0.267 e. The zero-order chi connectivity index (χ0) is 23.3. The molecule has 1 fully saturated rings. The van der Waals surface area contributed by atoms with Crippen molar-refractivity contribution in [2.75, 3.05) is 31.1 Å². The van der Waals surface area contributed by atoms with Crippen LogP contribution in [0.5, 0.6) is 5.88 Å². The molecule has 172 valence electrons. The van der Waals surface area contributed by atoms with Gasteiger partial charge in [-0.1, -0.05) is 30.3 Å². The molecule has 1 aliphatic rings. The topological polar surface area (TPSA) is 102 Å². The largest absolute Gasteiger partial charge is 0.476 e. The molecule has 1 aliphatic heterocycles. The van der Waals surface area contributed by atoms with E-state index in [9.17, 15) is 9.59 Å². The van der Waals surface area contributed by atoms with Gasteiger partial charge in [-0.05, 0) is 32.8 Å². The highest BCUT2D eigenvalue weighted by Crippen LogP contribution is 2.20. The van der Waals surface area contributed by atoms with Crippen molar-refractivity contribution in [3.05, 3.63) is 65.2 Å². The molecule has 1 saturated heterocycles. The van der Waals surface area contributed by atoms with E-state index in [0.29, 0.717) is 11.6 Å². The Morgan fingerprint density at radius 1 is 1.09 bits per heavy atom. The van der Waals surface area contributed by atoms with Gasteiger partial charge >= 0.3 is 0 Å². The van der Waals surface area contributed by atoms with Gasteiger partial charge in [-0.15, -0.1) is 0 Å². The van der Waals surface area contributed by atoms with Crippen LogP contribution in [-0.2, 0) is 10.3 Å². The van der Waals surface area contributed by atoms with Gasteiger partial charge in [0.25, 0.3) is 5.56 Å². The Bertz CT molecular complexity index is 1160. The summed E-state index contributed by atoms with van der Waals surface area (Å²) in [6.45, 7) is 5.81. The van der Waals surface area contributed by atoms with Crippen LogP contribution in [0.1, 0.15) is 26.7 Å². The quantitative estimate of drug-likeness (QED) is 0.527. The van der Waals surface area contributed by atoms with Gasteiger partial charge in [0.15, 0.2) is 0 Å². The lowest BCUT2D eigenvalue weighted by atomic mass is 10.0. The van der Waals surface area contributed by atoms with Crippen LogP contribution in [0.15, 0.2) is 59.7 Å². The van der Waals surface area contributed by atoms with Crippen LogP contribution in [0.2, 0.25) is 0 Å². The molecule has 1 amide bonds. The zero-order valence-corrected chi connectivity index (χ0v) is 18.9. The average molecular weight is 449 g/mol. The Morgan fingerprint density at radius 2 is 1.85 bits per heavy atom. The van der Waals surface area contributed by atoms with E-state index >= 15 is 0 Å². The number of carbonyl (C=O) groups is 1. The zero-order valence-electron chi connectivity index (χ0n) is 18.9. The number of benzene rings is 1. The van der Waals surface area contributed by atoms with Gasteiger partial charge in [0.05, 0.1) is 12.2 Å². The van der Waals surface area contributed by atoms with Crippen molar-refractivity contribution in [3.8, 4) is 17.1 Å². The van der Waals surface area contributed by atoms with Gasteiger partial charge in [0.1, 0.15) is 24.3 Å². The molecule has 0 aliphatic carbocycles. The molecule has 0 bridgehead atoms. The Hall–Kier alpha value is -3.75. The fourth-order valence-electron chi connectivity index (χ4n) is 3.74. The Kier molecular flexibility index (Phi) is 6.67. The fraction of sp³-hybridized carbons (Fsp3) is 0.375. The minimum Gasteiger partial charge on any atom is -0.476 e. The average Bonchev–Trinajstić information content (AvgIpc) is 3.38. The molecule has 0 radical (unpaired) electrons. The second kappa shape index (κ2) is 9.81. The molecule has 0 saturated carbocycles. The number of anilines is 1. The molecular formula is C24H28N6O3. The first-order chi connectivity index (χ1) is 15.9. The number of carbonyl (C=O) groups excluding carboxylic acids is 1. The summed E-state index contributed by atoms with van der Waals surface area (Å²) in [5.41, 5.74) is -0.0350. The Morgan fingerprint density at radius 3 is 2.61 bits per heavy atom. The standard InChI is InChI=1S/C24H28N6O3/c1-24(2,30-22(31)11-10-19(28-30)18-8-4-3-5-9-18)23(32)25-12-15-33-21-16-20(26-17-27-21)29-13-6-7-14-29/h3-5,8-11,16-17H,6-7,12-15H2,1-2H3,(H,25,32). The summed E-state index contributed by atoms with van der Waals surface area (Å²) in [7, 11) is 0. The maximum absolute atomic E-state index is 12.9. The van der Waals surface area contributed by atoms with Gasteiger partial charge in [0, 0.05) is 30.8 Å². The monoisotopic (exact) mass is 448 g/mol. The number of nitrogens with one attached hydrogen (secondary N) is 1. The molecule has 1 N–H and O–H groups in total. The van der Waals surface area contributed by atoms with Crippen LogP contribution < -0.4 is 20.5 Å². The molecule has 0 atom stereocenters. The predicted octanol–water partition coefficient (Wildman–Crippen LogP) is 2.23. The summed E-state index contributed by atoms with van der Waals surface area (Å²) in [6, 6.07) is 14.4. The van der Waals surface area contributed by atoms with E-state index in [-0.39, 0.29) is 24.6 Å². The number of aromatic nitrogens is 4. The highest BCUT2D eigenvalue weighted by molar-refractivity contribution is 5.83. The number of amides is 1.